The van der Waals surface area contributed by atoms with Gasteiger partial charge in [-0.05, 0) is 18.9 Å². The maximum Gasteiger partial charge on any atom is 0.329 e. The molecule has 1 aromatic carbocycles. The highest BCUT2D eigenvalue weighted by Crippen LogP contribution is 2.34. The molecule has 0 unspecified atom stereocenters. The molecule has 1 saturated carbocycles. The fourth-order valence-corrected chi connectivity index (χ4v) is 2.35. The number of aliphatic carboxylic acids is 1. The Morgan fingerprint density at radius 1 is 1.42 bits per heavy atom. The summed E-state index contributed by atoms with van der Waals surface area (Å²) in [5.74, 6) is -1.84. The Kier molecular flexibility index (Phi) is 3.37. The minimum Gasteiger partial charge on any atom is -0.480 e. The van der Waals surface area contributed by atoms with Gasteiger partial charge in [-0.25, -0.2) is 9.18 Å². The van der Waals surface area contributed by atoms with Gasteiger partial charge in [0.25, 0.3) is 5.69 Å². The van der Waals surface area contributed by atoms with Gasteiger partial charge < -0.3 is 10.4 Å². The van der Waals surface area contributed by atoms with Crippen LogP contribution in [0.5, 0.6) is 0 Å². The summed E-state index contributed by atoms with van der Waals surface area (Å²) >= 11 is 0. The minimum atomic E-state index is -1.17. The van der Waals surface area contributed by atoms with Gasteiger partial charge in [0.2, 0.25) is 0 Å². The number of nitrogens with one attached hydrogen (secondary N) is 1. The number of carboxylic acids is 1. The molecule has 0 radical (unpaired) electrons. The first kappa shape index (κ1) is 13.3. The van der Waals surface area contributed by atoms with Gasteiger partial charge in [0.1, 0.15) is 5.54 Å². The molecule has 2 N–H and O–H groups in total. The fraction of sp³-hybridized carbons (Fsp3) is 0.417. The summed E-state index contributed by atoms with van der Waals surface area (Å²) in [6.07, 6.45) is 2.35. The van der Waals surface area contributed by atoms with E-state index in [0.29, 0.717) is 12.8 Å². The highest BCUT2D eigenvalue weighted by Gasteiger charge is 2.41. The van der Waals surface area contributed by atoms with Gasteiger partial charge in [-0.15, -0.1) is 0 Å². The van der Waals surface area contributed by atoms with Crippen LogP contribution in [-0.2, 0) is 4.79 Å². The number of hydrogen-bond acceptors (Lipinski definition) is 4. The number of nitro benzene ring substituents is 1. The van der Waals surface area contributed by atoms with Gasteiger partial charge in [0, 0.05) is 6.07 Å². The number of non-ortho nitro benzene ring substituents is 1. The number of rotatable bonds is 4. The van der Waals surface area contributed by atoms with Crippen LogP contribution in [0.15, 0.2) is 18.2 Å². The lowest BCUT2D eigenvalue weighted by Crippen LogP contribution is -2.43. The van der Waals surface area contributed by atoms with Crippen LogP contribution in [0.2, 0.25) is 0 Å². The first-order valence-electron chi connectivity index (χ1n) is 5.90. The summed E-state index contributed by atoms with van der Waals surface area (Å²) < 4.78 is 13.7. The van der Waals surface area contributed by atoms with E-state index >= 15 is 0 Å². The van der Waals surface area contributed by atoms with Gasteiger partial charge in [0.15, 0.2) is 5.82 Å². The Hall–Kier alpha value is -2.18. The predicted octanol–water partition coefficient (Wildman–Crippen LogP) is 2.54. The molecule has 1 aromatic rings. The van der Waals surface area contributed by atoms with Crippen molar-refractivity contribution in [3.05, 3.63) is 34.1 Å². The molecular formula is C12H13FN2O4. The Morgan fingerprint density at radius 2 is 2.05 bits per heavy atom. The molecule has 0 bridgehead atoms. The number of anilines is 1. The molecule has 0 saturated heterocycles. The van der Waals surface area contributed by atoms with Gasteiger partial charge >= 0.3 is 5.97 Å². The largest absolute Gasteiger partial charge is 0.480 e. The molecule has 1 aliphatic carbocycles. The van der Waals surface area contributed by atoms with Crippen molar-refractivity contribution in [1.29, 1.82) is 0 Å². The molecule has 6 nitrogen and oxygen atoms in total. The summed E-state index contributed by atoms with van der Waals surface area (Å²) in [5, 5.41) is 22.5. The van der Waals surface area contributed by atoms with Gasteiger partial charge in [-0.2, -0.15) is 0 Å². The highest BCUT2D eigenvalue weighted by molar-refractivity contribution is 5.83. The molecule has 19 heavy (non-hydrogen) atoms. The third-order valence-corrected chi connectivity index (χ3v) is 3.40. The maximum absolute atomic E-state index is 13.7. The highest BCUT2D eigenvalue weighted by atomic mass is 19.1. The van der Waals surface area contributed by atoms with E-state index < -0.39 is 22.2 Å². The van der Waals surface area contributed by atoms with Crippen molar-refractivity contribution in [2.45, 2.75) is 31.2 Å². The van der Waals surface area contributed by atoms with E-state index in [1.54, 1.807) is 0 Å². The van der Waals surface area contributed by atoms with E-state index in [2.05, 4.69) is 5.32 Å². The van der Waals surface area contributed by atoms with E-state index in [1.807, 2.05) is 0 Å². The van der Waals surface area contributed by atoms with Crippen LogP contribution in [0, 0.1) is 15.9 Å². The zero-order valence-corrected chi connectivity index (χ0v) is 10.1. The Labute approximate surface area is 108 Å². The number of carbonyl (C=O) groups is 1. The average Bonchev–Trinajstić information content (AvgIpc) is 2.81. The van der Waals surface area contributed by atoms with Crippen LogP contribution < -0.4 is 5.32 Å². The molecule has 7 heteroatoms. The van der Waals surface area contributed by atoms with Crippen LogP contribution in [0.3, 0.4) is 0 Å². The molecule has 0 atom stereocenters. The SMILES string of the molecule is O=C(O)C1(Nc2ccc([N+](=O)[O-])cc2F)CCCC1. The Bertz CT molecular complexity index is 526. The van der Waals surface area contributed by atoms with Crippen molar-refractivity contribution in [3.63, 3.8) is 0 Å². The van der Waals surface area contributed by atoms with Crippen molar-refractivity contribution < 1.29 is 19.2 Å². The molecule has 2 rings (SSSR count). The molecule has 0 aliphatic heterocycles. The van der Waals surface area contributed by atoms with Crippen LogP contribution in [0.25, 0.3) is 0 Å². The van der Waals surface area contributed by atoms with E-state index in [0.717, 1.165) is 25.0 Å². The van der Waals surface area contributed by atoms with Gasteiger partial charge in [-0.1, -0.05) is 12.8 Å². The molecule has 0 amide bonds. The smallest absolute Gasteiger partial charge is 0.329 e. The van der Waals surface area contributed by atoms with Crippen LogP contribution in [0.4, 0.5) is 15.8 Å². The second-order valence-corrected chi connectivity index (χ2v) is 4.64. The maximum atomic E-state index is 13.7. The number of halogens is 1. The normalized spacial score (nSPS) is 17.1. The Morgan fingerprint density at radius 3 is 2.53 bits per heavy atom. The third-order valence-electron chi connectivity index (χ3n) is 3.40. The molecule has 0 aromatic heterocycles. The van der Waals surface area contributed by atoms with E-state index in [1.165, 1.54) is 6.07 Å². The van der Waals surface area contributed by atoms with Crippen LogP contribution in [-0.4, -0.2) is 21.5 Å². The predicted molar refractivity (Wildman–Crippen MR) is 65.5 cm³/mol. The topological polar surface area (TPSA) is 92.5 Å². The lowest BCUT2D eigenvalue weighted by Gasteiger charge is -2.26. The quantitative estimate of drug-likeness (QED) is 0.646. The Balaban J connectivity index is 2.28. The fourth-order valence-electron chi connectivity index (χ4n) is 2.35. The summed E-state index contributed by atoms with van der Waals surface area (Å²) in [6.45, 7) is 0. The lowest BCUT2D eigenvalue weighted by molar-refractivity contribution is -0.385. The number of nitrogens with zero attached hydrogens (tertiary/aromatic N) is 1. The standard InChI is InChI=1S/C12H13FN2O4/c13-9-7-8(15(18)19)3-4-10(9)14-12(11(16)17)5-1-2-6-12/h3-4,7,14H,1-2,5-6H2,(H,16,17). The van der Waals surface area contributed by atoms with Crippen molar-refractivity contribution >= 4 is 17.3 Å². The van der Waals surface area contributed by atoms with Gasteiger partial charge in [-0.3, -0.25) is 10.1 Å². The first-order chi connectivity index (χ1) is 8.94. The number of carboxylic acid groups (broad SMARTS) is 1. The second kappa shape index (κ2) is 4.83. The monoisotopic (exact) mass is 268 g/mol. The molecule has 0 heterocycles. The summed E-state index contributed by atoms with van der Waals surface area (Å²) in [4.78, 5) is 21.1. The van der Waals surface area contributed by atoms with E-state index in [-0.39, 0.29) is 11.4 Å². The number of benzene rings is 1. The number of hydrogen-bond donors (Lipinski definition) is 2. The minimum absolute atomic E-state index is 0.0186. The molecule has 1 fully saturated rings. The zero-order valence-electron chi connectivity index (χ0n) is 10.1. The summed E-state index contributed by atoms with van der Waals surface area (Å²) in [5.41, 5.74) is -1.55. The first-order valence-corrected chi connectivity index (χ1v) is 5.90. The third kappa shape index (κ3) is 2.49. The lowest BCUT2D eigenvalue weighted by atomic mass is 9.97. The van der Waals surface area contributed by atoms with E-state index in [9.17, 15) is 24.4 Å². The van der Waals surface area contributed by atoms with Gasteiger partial charge in [0.05, 0.1) is 16.7 Å². The average molecular weight is 268 g/mol. The van der Waals surface area contributed by atoms with Crippen LogP contribution >= 0.6 is 0 Å². The van der Waals surface area contributed by atoms with Crippen molar-refractivity contribution in [2.75, 3.05) is 5.32 Å². The van der Waals surface area contributed by atoms with Crippen molar-refractivity contribution in [1.82, 2.24) is 0 Å². The molecular weight excluding hydrogens is 255 g/mol. The summed E-state index contributed by atoms with van der Waals surface area (Å²) in [7, 11) is 0. The number of nitro groups is 1. The molecule has 1 aliphatic rings. The second-order valence-electron chi connectivity index (χ2n) is 4.64. The zero-order chi connectivity index (χ0) is 14.0. The van der Waals surface area contributed by atoms with E-state index in [4.69, 9.17) is 0 Å². The summed E-state index contributed by atoms with van der Waals surface area (Å²) in [6, 6.07) is 3.14. The van der Waals surface area contributed by atoms with Crippen LogP contribution in [0.1, 0.15) is 25.7 Å². The molecule has 102 valence electrons. The molecule has 0 spiro atoms. The van der Waals surface area contributed by atoms with Crippen molar-refractivity contribution in [3.8, 4) is 0 Å². The van der Waals surface area contributed by atoms with Crippen molar-refractivity contribution in [2.24, 2.45) is 0 Å².